The molecule has 0 amide bonds. The van der Waals surface area contributed by atoms with E-state index in [2.05, 4.69) is 30.7 Å². The fourth-order valence-electron chi connectivity index (χ4n) is 3.64. The minimum Gasteiger partial charge on any atom is -0.306 e. The Labute approximate surface area is 107 Å². The lowest BCUT2D eigenvalue weighted by Gasteiger charge is -2.35. The maximum atomic E-state index is 2.72. The van der Waals surface area contributed by atoms with Crippen LogP contribution in [0.25, 0.3) is 0 Å². The van der Waals surface area contributed by atoms with Crippen LogP contribution in [0.15, 0.2) is 0 Å². The first-order chi connectivity index (χ1) is 8.19. The summed E-state index contributed by atoms with van der Waals surface area (Å²) in [7, 11) is 2.28. The van der Waals surface area contributed by atoms with Crippen molar-refractivity contribution in [3.8, 4) is 0 Å². The first-order valence-corrected chi connectivity index (χ1v) is 7.60. The van der Waals surface area contributed by atoms with Crippen molar-refractivity contribution in [2.24, 2.45) is 17.8 Å². The largest absolute Gasteiger partial charge is 0.306 e. The molecule has 2 heteroatoms. The van der Waals surface area contributed by atoms with Gasteiger partial charge in [-0.2, -0.15) is 0 Å². The first kappa shape index (κ1) is 13.4. The van der Waals surface area contributed by atoms with Gasteiger partial charge in [0, 0.05) is 19.6 Å². The molecule has 2 rings (SSSR count). The summed E-state index contributed by atoms with van der Waals surface area (Å²) in [6.07, 6.45) is 5.67. The van der Waals surface area contributed by atoms with Crippen LogP contribution in [0.3, 0.4) is 0 Å². The van der Waals surface area contributed by atoms with Crippen LogP contribution in [0.2, 0.25) is 0 Å². The predicted molar refractivity (Wildman–Crippen MR) is 74.2 cm³/mol. The Morgan fingerprint density at radius 3 is 2.65 bits per heavy atom. The number of hydrogen-bond donors (Lipinski definition) is 0. The van der Waals surface area contributed by atoms with Gasteiger partial charge in [-0.3, -0.25) is 0 Å². The Balaban J connectivity index is 1.74. The zero-order chi connectivity index (χ0) is 12.3. The van der Waals surface area contributed by atoms with E-state index in [9.17, 15) is 0 Å². The normalized spacial score (nSPS) is 34.1. The van der Waals surface area contributed by atoms with Crippen molar-refractivity contribution in [2.45, 2.75) is 39.5 Å². The summed E-state index contributed by atoms with van der Waals surface area (Å²) in [5, 5.41) is 0. The molecule has 0 aromatic heterocycles. The smallest absolute Gasteiger partial charge is 0.00103 e. The lowest BCUT2D eigenvalue weighted by atomic mass is 9.86. The summed E-state index contributed by atoms with van der Waals surface area (Å²) in [6.45, 7) is 11.5. The van der Waals surface area contributed by atoms with Crippen molar-refractivity contribution in [3.63, 3.8) is 0 Å². The second-order valence-electron chi connectivity index (χ2n) is 6.46. The molecule has 3 atom stereocenters. The van der Waals surface area contributed by atoms with Gasteiger partial charge in [0.2, 0.25) is 0 Å². The maximum Gasteiger partial charge on any atom is 0.00103 e. The second kappa shape index (κ2) is 6.19. The molecule has 2 heterocycles. The Bertz CT molecular complexity index is 229. The van der Waals surface area contributed by atoms with Crippen LogP contribution >= 0.6 is 0 Å². The van der Waals surface area contributed by atoms with Crippen LogP contribution in [0.5, 0.6) is 0 Å². The van der Waals surface area contributed by atoms with Crippen molar-refractivity contribution in [1.29, 1.82) is 0 Å². The molecular formula is C15H30N2. The second-order valence-corrected chi connectivity index (χ2v) is 6.46. The predicted octanol–water partition coefficient (Wildman–Crippen LogP) is 2.70. The molecule has 2 aliphatic rings. The van der Waals surface area contributed by atoms with E-state index >= 15 is 0 Å². The first-order valence-electron chi connectivity index (χ1n) is 7.60. The number of piperidine rings is 1. The molecule has 100 valence electrons. The van der Waals surface area contributed by atoms with E-state index < -0.39 is 0 Å². The Kier molecular flexibility index (Phi) is 4.87. The molecule has 2 saturated heterocycles. The summed E-state index contributed by atoms with van der Waals surface area (Å²) in [5.74, 6) is 2.80. The molecule has 0 radical (unpaired) electrons. The fraction of sp³-hybridized carbons (Fsp3) is 1.00. The van der Waals surface area contributed by atoms with Crippen LogP contribution < -0.4 is 0 Å². The average Bonchev–Trinajstić information content (AvgIpc) is 2.77. The highest BCUT2D eigenvalue weighted by Gasteiger charge is 2.27. The highest BCUT2D eigenvalue weighted by Crippen LogP contribution is 2.26. The quantitative estimate of drug-likeness (QED) is 0.743. The van der Waals surface area contributed by atoms with Crippen molar-refractivity contribution in [1.82, 2.24) is 9.80 Å². The summed E-state index contributed by atoms with van der Waals surface area (Å²) in [4.78, 5) is 5.23. The molecule has 2 aliphatic heterocycles. The third-order valence-electron chi connectivity index (χ3n) is 4.96. The standard InChI is InChI=1S/C15H30N2/c1-4-14-7-9-17(11-14)10-13(2)15-6-5-8-16(3)12-15/h13-15H,4-12H2,1-3H3/t13?,14-,15-/m0/s1. The lowest BCUT2D eigenvalue weighted by molar-refractivity contribution is 0.139. The zero-order valence-electron chi connectivity index (χ0n) is 12.0. The van der Waals surface area contributed by atoms with E-state index in [1.165, 1.54) is 58.4 Å². The van der Waals surface area contributed by atoms with E-state index in [1.807, 2.05) is 0 Å². The Hall–Kier alpha value is -0.0800. The molecule has 2 nitrogen and oxygen atoms in total. The molecule has 0 N–H and O–H groups in total. The van der Waals surface area contributed by atoms with Gasteiger partial charge in [0.1, 0.15) is 0 Å². The summed E-state index contributed by atoms with van der Waals surface area (Å²) >= 11 is 0. The maximum absolute atomic E-state index is 2.72. The molecule has 0 spiro atoms. The van der Waals surface area contributed by atoms with Crippen LogP contribution in [0, 0.1) is 17.8 Å². The van der Waals surface area contributed by atoms with Gasteiger partial charge < -0.3 is 9.80 Å². The number of likely N-dealkylation sites (tertiary alicyclic amines) is 2. The van der Waals surface area contributed by atoms with Gasteiger partial charge in [-0.05, 0) is 57.2 Å². The van der Waals surface area contributed by atoms with E-state index in [1.54, 1.807) is 0 Å². The van der Waals surface area contributed by atoms with E-state index in [-0.39, 0.29) is 0 Å². The van der Waals surface area contributed by atoms with Gasteiger partial charge in [-0.15, -0.1) is 0 Å². The molecule has 0 saturated carbocycles. The minimum atomic E-state index is 0.883. The zero-order valence-corrected chi connectivity index (χ0v) is 12.0. The fourth-order valence-corrected chi connectivity index (χ4v) is 3.64. The van der Waals surface area contributed by atoms with Gasteiger partial charge in [-0.1, -0.05) is 20.3 Å². The molecule has 0 aromatic rings. The van der Waals surface area contributed by atoms with E-state index in [0.717, 1.165) is 17.8 Å². The highest BCUT2D eigenvalue weighted by molar-refractivity contribution is 4.80. The molecule has 2 fully saturated rings. The Morgan fingerprint density at radius 1 is 1.18 bits per heavy atom. The van der Waals surface area contributed by atoms with E-state index in [4.69, 9.17) is 0 Å². The number of hydrogen-bond acceptors (Lipinski definition) is 2. The van der Waals surface area contributed by atoms with Gasteiger partial charge >= 0.3 is 0 Å². The molecule has 0 aliphatic carbocycles. The average molecular weight is 238 g/mol. The van der Waals surface area contributed by atoms with Crippen LogP contribution in [0.4, 0.5) is 0 Å². The molecule has 1 unspecified atom stereocenters. The third kappa shape index (κ3) is 3.69. The SMILES string of the molecule is CC[C@H]1CCN(CC(C)[C@H]2CCCN(C)C2)C1. The molecule has 0 bridgehead atoms. The highest BCUT2D eigenvalue weighted by atomic mass is 15.2. The molecular weight excluding hydrogens is 208 g/mol. The van der Waals surface area contributed by atoms with Crippen LogP contribution in [-0.2, 0) is 0 Å². The monoisotopic (exact) mass is 238 g/mol. The van der Waals surface area contributed by atoms with Crippen molar-refractivity contribution >= 4 is 0 Å². The van der Waals surface area contributed by atoms with Gasteiger partial charge in [0.05, 0.1) is 0 Å². The third-order valence-corrected chi connectivity index (χ3v) is 4.96. The van der Waals surface area contributed by atoms with Crippen molar-refractivity contribution < 1.29 is 0 Å². The van der Waals surface area contributed by atoms with E-state index in [0.29, 0.717) is 0 Å². The van der Waals surface area contributed by atoms with Crippen molar-refractivity contribution in [2.75, 3.05) is 39.8 Å². The summed E-state index contributed by atoms with van der Waals surface area (Å²) in [5.41, 5.74) is 0. The van der Waals surface area contributed by atoms with Crippen molar-refractivity contribution in [3.05, 3.63) is 0 Å². The van der Waals surface area contributed by atoms with Gasteiger partial charge in [-0.25, -0.2) is 0 Å². The lowest BCUT2D eigenvalue weighted by Crippen LogP contribution is -2.39. The van der Waals surface area contributed by atoms with Crippen LogP contribution in [0.1, 0.15) is 39.5 Å². The van der Waals surface area contributed by atoms with Gasteiger partial charge in [0.25, 0.3) is 0 Å². The molecule has 0 aromatic carbocycles. The number of nitrogens with zero attached hydrogens (tertiary/aromatic N) is 2. The summed E-state index contributed by atoms with van der Waals surface area (Å²) < 4.78 is 0. The minimum absolute atomic E-state index is 0.883. The summed E-state index contributed by atoms with van der Waals surface area (Å²) in [6, 6.07) is 0. The van der Waals surface area contributed by atoms with Crippen LogP contribution in [-0.4, -0.2) is 49.6 Å². The number of rotatable bonds is 4. The van der Waals surface area contributed by atoms with Gasteiger partial charge in [0.15, 0.2) is 0 Å². The Morgan fingerprint density at radius 2 is 2.00 bits per heavy atom. The molecule has 17 heavy (non-hydrogen) atoms. The topological polar surface area (TPSA) is 6.48 Å².